The van der Waals surface area contributed by atoms with E-state index in [2.05, 4.69) is 15.4 Å². The maximum absolute atomic E-state index is 12.6. The molecule has 0 aliphatic carbocycles. The Morgan fingerprint density at radius 1 is 1.11 bits per heavy atom. The summed E-state index contributed by atoms with van der Waals surface area (Å²) in [6.07, 6.45) is 1.57. The second kappa shape index (κ2) is 7.52. The third-order valence-corrected chi connectivity index (χ3v) is 4.49. The van der Waals surface area contributed by atoms with Crippen LogP contribution in [0.25, 0.3) is 11.0 Å². The van der Waals surface area contributed by atoms with Crippen LogP contribution in [0.2, 0.25) is 0 Å². The summed E-state index contributed by atoms with van der Waals surface area (Å²) in [6.45, 7) is 2.41. The predicted octanol–water partition coefficient (Wildman–Crippen LogP) is 4.11. The summed E-state index contributed by atoms with van der Waals surface area (Å²) in [7, 11) is 1.84. The zero-order chi connectivity index (χ0) is 19.5. The summed E-state index contributed by atoms with van der Waals surface area (Å²) in [6, 6.07) is 19.1. The molecule has 0 aliphatic heterocycles. The van der Waals surface area contributed by atoms with Crippen LogP contribution in [0.5, 0.6) is 5.75 Å². The molecule has 4 aromatic rings. The molecule has 0 fully saturated rings. The van der Waals surface area contributed by atoms with Gasteiger partial charge in [0.1, 0.15) is 12.4 Å². The van der Waals surface area contributed by atoms with Crippen molar-refractivity contribution >= 4 is 22.6 Å². The molecule has 4 rings (SSSR count). The number of pyridine rings is 1. The maximum Gasteiger partial charge on any atom is 0.257 e. The Labute approximate surface area is 162 Å². The molecule has 0 saturated carbocycles. The van der Waals surface area contributed by atoms with Crippen LogP contribution in [0.3, 0.4) is 0 Å². The Bertz CT molecular complexity index is 1120. The number of ether oxygens (including phenoxy) is 1. The summed E-state index contributed by atoms with van der Waals surface area (Å²) < 4.78 is 7.48. The fourth-order valence-corrected chi connectivity index (χ4v) is 3.01. The number of aromatic nitrogens is 3. The SMILES string of the molecule is Cc1nn(C)c2ncc(C(=O)Nc3ccc(OCc4ccccc4)cc3)cc12. The molecule has 0 radical (unpaired) electrons. The number of nitrogens with one attached hydrogen (secondary N) is 1. The van der Waals surface area contributed by atoms with Crippen molar-refractivity contribution < 1.29 is 9.53 Å². The van der Waals surface area contributed by atoms with Crippen LogP contribution in [0.4, 0.5) is 5.69 Å². The summed E-state index contributed by atoms with van der Waals surface area (Å²) >= 11 is 0. The maximum atomic E-state index is 12.6. The van der Waals surface area contributed by atoms with E-state index in [-0.39, 0.29) is 5.91 Å². The van der Waals surface area contributed by atoms with Gasteiger partial charge < -0.3 is 10.1 Å². The van der Waals surface area contributed by atoms with Crippen LogP contribution in [0.1, 0.15) is 21.6 Å². The molecule has 1 amide bonds. The van der Waals surface area contributed by atoms with E-state index in [4.69, 9.17) is 4.74 Å². The molecule has 0 unspecified atom stereocenters. The highest BCUT2D eigenvalue weighted by atomic mass is 16.5. The minimum Gasteiger partial charge on any atom is -0.489 e. The van der Waals surface area contributed by atoms with Gasteiger partial charge >= 0.3 is 0 Å². The van der Waals surface area contributed by atoms with Crippen LogP contribution in [-0.4, -0.2) is 20.7 Å². The minimum absolute atomic E-state index is 0.212. The lowest BCUT2D eigenvalue weighted by atomic mass is 10.2. The average molecular weight is 372 g/mol. The number of anilines is 1. The van der Waals surface area contributed by atoms with Gasteiger partial charge in [0.25, 0.3) is 5.91 Å². The van der Waals surface area contributed by atoms with Crippen molar-refractivity contribution in [3.63, 3.8) is 0 Å². The van der Waals surface area contributed by atoms with E-state index in [0.29, 0.717) is 17.9 Å². The lowest BCUT2D eigenvalue weighted by molar-refractivity contribution is 0.102. The molecule has 28 heavy (non-hydrogen) atoms. The number of aryl methyl sites for hydroxylation is 2. The zero-order valence-electron chi connectivity index (χ0n) is 15.7. The molecule has 0 spiro atoms. The first kappa shape index (κ1) is 17.7. The van der Waals surface area contributed by atoms with E-state index in [1.54, 1.807) is 10.9 Å². The fraction of sp³-hybridized carbons (Fsp3) is 0.136. The molecule has 0 aliphatic rings. The number of amides is 1. The highest BCUT2D eigenvalue weighted by Gasteiger charge is 2.12. The Hall–Kier alpha value is -3.67. The van der Waals surface area contributed by atoms with E-state index in [1.165, 1.54) is 0 Å². The van der Waals surface area contributed by atoms with Gasteiger partial charge in [-0.3, -0.25) is 9.48 Å². The summed E-state index contributed by atoms with van der Waals surface area (Å²) in [5.41, 5.74) is 3.90. The minimum atomic E-state index is -0.212. The number of benzene rings is 2. The van der Waals surface area contributed by atoms with Gasteiger partial charge in [-0.2, -0.15) is 5.10 Å². The van der Waals surface area contributed by atoms with Crippen molar-refractivity contribution in [2.24, 2.45) is 7.05 Å². The first-order valence-corrected chi connectivity index (χ1v) is 8.97. The molecule has 0 bridgehead atoms. The molecule has 6 nitrogen and oxygen atoms in total. The van der Waals surface area contributed by atoms with Gasteiger partial charge in [-0.05, 0) is 42.8 Å². The number of hydrogen-bond acceptors (Lipinski definition) is 4. The third kappa shape index (κ3) is 3.71. The lowest BCUT2D eigenvalue weighted by Crippen LogP contribution is -2.12. The first-order chi connectivity index (χ1) is 13.6. The Morgan fingerprint density at radius 2 is 1.86 bits per heavy atom. The van der Waals surface area contributed by atoms with Crippen LogP contribution < -0.4 is 10.1 Å². The summed E-state index contributed by atoms with van der Waals surface area (Å²) in [4.78, 5) is 16.9. The second-order valence-corrected chi connectivity index (χ2v) is 6.56. The van der Waals surface area contributed by atoms with Crippen LogP contribution in [0, 0.1) is 6.92 Å². The molecule has 6 heteroatoms. The Kier molecular flexibility index (Phi) is 4.76. The van der Waals surface area contributed by atoms with Gasteiger partial charge in [0.2, 0.25) is 0 Å². The molecular weight excluding hydrogens is 352 g/mol. The monoisotopic (exact) mass is 372 g/mol. The van der Waals surface area contributed by atoms with Crippen molar-refractivity contribution in [2.75, 3.05) is 5.32 Å². The van der Waals surface area contributed by atoms with E-state index in [0.717, 1.165) is 28.0 Å². The fourth-order valence-electron chi connectivity index (χ4n) is 3.01. The van der Waals surface area contributed by atoms with E-state index in [1.807, 2.05) is 74.6 Å². The number of fused-ring (bicyclic) bond motifs is 1. The quantitative estimate of drug-likeness (QED) is 0.572. The third-order valence-electron chi connectivity index (χ3n) is 4.49. The van der Waals surface area contributed by atoms with Crippen LogP contribution in [0.15, 0.2) is 66.9 Å². The number of carbonyl (C=O) groups is 1. The van der Waals surface area contributed by atoms with Gasteiger partial charge in [-0.15, -0.1) is 0 Å². The van der Waals surface area contributed by atoms with Gasteiger partial charge in [0.15, 0.2) is 5.65 Å². The normalized spacial score (nSPS) is 10.8. The van der Waals surface area contributed by atoms with Gasteiger partial charge in [0, 0.05) is 24.3 Å². The number of carbonyl (C=O) groups excluding carboxylic acids is 1. The van der Waals surface area contributed by atoms with E-state index < -0.39 is 0 Å². The number of rotatable bonds is 5. The smallest absolute Gasteiger partial charge is 0.257 e. The molecule has 2 aromatic carbocycles. The van der Waals surface area contributed by atoms with Gasteiger partial charge in [0.05, 0.1) is 11.3 Å². The van der Waals surface area contributed by atoms with Crippen molar-refractivity contribution in [3.05, 3.63) is 83.7 Å². The number of nitrogens with zero attached hydrogens (tertiary/aromatic N) is 3. The largest absolute Gasteiger partial charge is 0.489 e. The summed E-state index contributed by atoms with van der Waals surface area (Å²) in [5.74, 6) is 0.534. The van der Waals surface area contributed by atoms with Crippen LogP contribution >= 0.6 is 0 Å². The molecule has 140 valence electrons. The zero-order valence-corrected chi connectivity index (χ0v) is 15.7. The molecule has 2 aromatic heterocycles. The Balaban J connectivity index is 1.42. The van der Waals surface area contributed by atoms with Crippen molar-refractivity contribution in [1.82, 2.24) is 14.8 Å². The molecule has 0 atom stereocenters. The number of hydrogen-bond donors (Lipinski definition) is 1. The second-order valence-electron chi connectivity index (χ2n) is 6.56. The predicted molar refractivity (Wildman–Crippen MR) is 108 cm³/mol. The highest BCUT2D eigenvalue weighted by Crippen LogP contribution is 2.20. The standard InChI is InChI=1S/C22H20N4O2/c1-15-20-12-17(13-23-21(20)26(2)25-15)22(27)24-18-8-10-19(11-9-18)28-14-16-6-4-3-5-7-16/h3-13H,14H2,1-2H3,(H,24,27). The Morgan fingerprint density at radius 3 is 2.61 bits per heavy atom. The highest BCUT2D eigenvalue weighted by molar-refractivity contribution is 6.05. The lowest BCUT2D eigenvalue weighted by Gasteiger charge is -2.09. The van der Waals surface area contributed by atoms with E-state index in [9.17, 15) is 4.79 Å². The van der Waals surface area contributed by atoms with Gasteiger partial charge in [-0.1, -0.05) is 30.3 Å². The van der Waals surface area contributed by atoms with E-state index >= 15 is 0 Å². The molecule has 2 heterocycles. The molecule has 0 saturated heterocycles. The average Bonchev–Trinajstić information content (AvgIpc) is 3.01. The topological polar surface area (TPSA) is 69.0 Å². The van der Waals surface area contributed by atoms with Gasteiger partial charge in [-0.25, -0.2) is 4.98 Å². The molecular formula is C22H20N4O2. The molecule has 1 N–H and O–H groups in total. The van der Waals surface area contributed by atoms with Crippen molar-refractivity contribution in [1.29, 1.82) is 0 Å². The van der Waals surface area contributed by atoms with Crippen LogP contribution in [-0.2, 0) is 13.7 Å². The van der Waals surface area contributed by atoms with Crippen molar-refractivity contribution in [3.8, 4) is 5.75 Å². The first-order valence-electron chi connectivity index (χ1n) is 8.97. The van der Waals surface area contributed by atoms with Crippen molar-refractivity contribution in [2.45, 2.75) is 13.5 Å². The summed E-state index contributed by atoms with van der Waals surface area (Å²) in [5, 5.41) is 8.10.